The molecule has 0 aliphatic carbocycles. The Morgan fingerprint density at radius 2 is 0.434 bits per heavy atom. The first-order valence-corrected chi connectivity index (χ1v) is 30.3. The van der Waals surface area contributed by atoms with Crippen LogP contribution in [0.1, 0.15) is 233 Å². The molecule has 0 atom stereocenters. The SMILES string of the molecule is CC(C)(C)c1cc(C(C)(C)C)c2cc1Cc1cc(c(C(C)(C)C)cc1C(C)(C)C)OP(c1ccc(-c3ccc(P4Oc5cc(c(C(C)(C)C)cc5C(C)(C)C)Cc5cc(c(C(C)(C)C)cc5C(C)(C)C)O4)cc3)cc1)O2. The van der Waals surface area contributed by atoms with Crippen LogP contribution >= 0.6 is 16.8 Å². The van der Waals surface area contributed by atoms with Crippen LogP contribution in [0.5, 0.6) is 23.0 Å². The number of hydrogen-bond donors (Lipinski definition) is 0. The molecule has 6 aromatic rings. The van der Waals surface area contributed by atoms with Gasteiger partial charge in [0.15, 0.2) is 0 Å². The molecule has 2 heterocycles. The van der Waals surface area contributed by atoms with Crippen molar-refractivity contribution in [3.8, 4) is 34.1 Å². The lowest BCUT2D eigenvalue weighted by atomic mass is 9.74. The number of hydrogen-bond acceptors (Lipinski definition) is 4. The van der Waals surface area contributed by atoms with E-state index < -0.39 is 16.8 Å². The zero-order chi connectivity index (χ0) is 56.3. The molecule has 406 valence electrons. The maximum absolute atomic E-state index is 7.32. The van der Waals surface area contributed by atoms with Gasteiger partial charge in [-0.15, -0.1) is 0 Å². The summed E-state index contributed by atoms with van der Waals surface area (Å²) in [5.74, 6) is 3.61. The minimum Gasteiger partial charge on any atom is -0.435 e. The number of benzene rings is 6. The quantitative estimate of drug-likeness (QED) is 0.166. The molecule has 0 aromatic heterocycles. The molecule has 0 amide bonds. The summed E-state index contributed by atoms with van der Waals surface area (Å²) in [5, 5.41) is 2.03. The summed E-state index contributed by atoms with van der Waals surface area (Å²) >= 11 is 0. The molecule has 0 unspecified atom stereocenters. The first-order valence-electron chi connectivity index (χ1n) is 27.9. The molecule has 0 fully saturated rings. The van der Waals surface area contributed by atoms with E-state index in [1.54, 1.807) is 0 Å². The molecule has 0 saturated carbocycles. The third-order valence-corrected chi connectivity index (χ3v) is 18.2. The predicted octanol–water partition coefficient (Wildman–Crippen LogP) is 19.7. The van der Waals surface area contributed by atoms with Crippen molar-refractivity contribution in [2.75, 3.05) is 0 Å². The molecule has 0 saturated heterocycles. The smallest absolute Gasteiger partial charge is 0.326 e. The lowest BCUT2D eigenvalue weighted by molar-refractivity contribution is 0.462. The van der Waals surface area contributed by atoms with Gasteiger partial charge in [-0.05, 0) is 160 Å². The fourth-order valence-electron chi connectivity index (χ4n) is 11.1. The van der Waals surface area contributed by atoms with Crippen LogP contribution in [0, 0.1) is 0 Å². The second-order valence-corrected chi connectivity index (χ2v) is 33.1. The van der Waals surface area contributed by atoms with Gasteiger partial charge in [-0.1, -0.05) is 215 Å². The normalized spacial score (nSPS) is 15.3. The Labute approximate surface area is 463 Å². The molecule has 76 heavy (non-hydrogen) atoms. The standard InChI is InChI=1S/C70H92O4P2/c1-63(2,3)51-39-55(67(13,14)15)59-35-45(51)33-46-36-60(56(68(16,17)18)40-52(46)64(4,5)6)72-75(71-59)49-29-25-43(26-30-49)44-27-31-50(32-28-44)76-73-61-37-47(53(65(7,8)9)41-57(61)69(19,20)21)34-48-38-62(74-76)58(70(22,23)24)42-54(48)66(10,11)12/h25-32,35-42H,33-34H2,1-24H3. The number of fused-ring (bicyclic) bond motifs is 8. The largest absolute Gasteiger partial charge is 0.435 e. The van der Waals surface area contributed by atoms with E-state index in [0.29, 0.717) is 0 Å². The third kappa shape index (κ3) is 12.2. The van der Waals surface area contributed by atoms with Gasteiger partial charge in [0, 0.05) is 22.3 Å². The molecule has 8 bridgehead atoms. The molecule has 6 heteroatoms. The molecule has 2 aliphatic heterocycles. The average molecular weight is 1060 g/mol. The van der Waals surface area contributed by atoms with E-state index in [2.05, 4.69) is 263 Å². The van der Waals surface area contributed by atoms with E-state index in [1.165, 1.54) is 66.8 Å². The topological polar surface area (TPSA) is 36.9 Å². The second kappa shape index (κ2) is 19.6. The first kappa shape index (κ1) is 57.6. The molecule has 4 nitrogen and oxygen atoms in total. The van der Waals surface area contributed by atoms with Crippen molar-refractivity contribution in [1.29, 1.82) is 0 Å². The summed E-state index contributed by atoms with van der Waals surface area (Å²) in [6, 6.07) is 36.8. The Morgan fingerprint density at radius 1 is 0.250 bits per heavy atom. The molecule has 0 spiro atoms. The highest BCUT2D eigenvalue weighted by molar-refractivity contribution is 7.57. The maximum atomic E-state index is 7.32. The van der Waals surface area contributed by atoms with E-state index >= 15 is 0 Å². The van der Waals surface area contributed by atoms with Crippen LogP contribution in [-0.4, -0.2) is 0 Å². The van der Waals surface area contributed by atoms with Gasteiger partial charge >= 0.3 is 16.8 Å². The Bertz CT molecular complexity index is 2760. The lowest BCUT2D eigenvalue weighted by Crippen LogP contribution is -2.24. The zero-order valence-corrected chi connectivity index (χ0v) is 53.0. The molecule has 2 aliphatic rings. The summed E-state index contributed by atoms with van der Waals surface area (Å²) in [6.45, 7) is 55.5. The van der Waals surface area contributed by atoms with Gasteiger partial charge in [0.05, 0.1) is 10.6 Å². The van der Waals surface area contributed by atoms with Crippen molar-refractivity contribution < 1.29 is 18.1 Å². The highest BCUT2D eigenvalue weighted by Gasteiger charge is 2.36. The van der Waals surface area contributed by atoms with Crippen molar-refractivity contribution in [2.45, 2.75) is 222 Å². The van der Waals surface area contributed by atoms with Crippen LogP contribution in [0.3, 0.4) is 0 Å². The van der Waals surface area contributed by atoms with E-state index in [1.807, 2.05) is 0 Å². The monoisotopic (exact) mass is 1060 g/mol. The molecule has 0 radical (unpaired) electrons. The fraction of sp³-hybridized carbons (Fsp3) is 0.486. The Balaban J connectivity index is 1.22. The van der Waals surface area contributed by atoms with Crippen LogP contribution in [0.25, 0.3) is 11.1 Å². The van der Waals surface area contributed by atoms with E-state index in [0.717, 1.165) is 57.6 Å². The zero-order valence-electron chi connectivity index (χ0n) is 51.2. The molecule has 6 aromatic carbocycles. The van der Waals surface area contributed by atoms with Gasteiger partial charge in [0.2, 0.25) is 0 Å². The highest BCUT2D eigenvalue weighted by atomic mass is 31.2. The predicted molar refractivity (Wildman–Crippen MR) is 328 cm³/mol. The summed E-state index contributed by atoms with van der Waals surface area (Å²) < 4.78 is 29.3. The Morgan fingerprint density at radius 3 is 0.605 bits per heavy atom. The maximum Gasteiger partial charge on any atom is 0.326 e. The van der Waals surface area contributed by atoms with Crippen molar-refractivity contribution >= 4 is 27.4 Å². The summed E-state index contributed by atoms with van der Waals surface area (Å²) in [6.07, 6.45) is 1.61. The van der Waals surface area contributed by atoms with Gasteiger partial charge in [0.1, 0.15) is 23.0 Å². The van der Waals surface area contributed by atoms with Gasteiger partial charge < -0.3 is 18.1 Å². The van der Waals surface area contributed by atoms with Gasteiger partial charge in [-0.3, -0.25) is 0 Å². The Hall–Kier alpha value is -4.62. The van der Waals surface area contributed by atoms with Crippen LogP contribution in [0.4, 0.5) is 0 Å². The van der Waals surface area contributed by atoms with E-state index in [9.17, 15) is 0 Å². The van der Waals surface area contributed by atoms with E-state index in [4.69, 9.17) is 18.1 Å². The molecular formula is C70H92O4P2. The average Bonchev–Trinajstić information content (AvgIpc) is 3.25. The molecule has 0 N–H and O–H groups in total. The minimum absolute atomic E-state index is 0.0608. The van der Waals surface area contributed by atoms with Crippen molar-refractivity contribution in [3.05, 3.63) is 164 Å². The number of rotatable bonds is 3. The van der Waals surface area contributed by atoms with Gasteiger partial charge in [0.25, 0.3) is 0 Å². The molecule has 8 rings (SSSR count). The van der Waals surface area contributed by atoms with Gasteiger partial charge in [-0.2, -0.15) is 0 Å². The fourth-order valence-corrected chi connectivity index (χ4v) is 13.7. The van der Waals surface area contributed by atoms with Crippen molar-refractivity contribution in [2.24, 2.45) is 0 Å². The lowest BCUT2D eigenvalue weighted by Gasteiger charge is -2.34. The molecular weight excluding hydrogens is 967 g/mol. The van der Waals surface area contributed by atoms with Crippen LogP contribution in [0.15, 0.2) is 97.1 Å². The summed E-state index contributed by atoms with van der Waals surface area (Å²) in [4.78, 5) is 0. The van der Waals surface area contributed by atoms with E-state index in [-0.39, 0.29) is 43.3 Å². The summed E-state index contributed by atoms with van der Waals surface area (Å²) in [5.41, 5.74) is 16.8. The summed E-state index contributed by atoms with van der Waals surface area (Å²) in [7, 11) is -3.22. The van der Waals surface area contributed by atoms with Crippen molar-refractivity contribution in [3.63, 3.8) is 0 Å². The van der Waals surface area contributed by atoms with Crippen LogP contribution in [0.2, 0.25) is 0 Å². The Kier molecular flexibility index (Phi) is 14.9. The minimum atomic E-state index is -1.61. The van der Waals surface area contributed by atoms with Gasteiger partial charge in [-0.25, -0.2) is 0 Å². The van der Waals surface area contributed by atoms with Crippen LogP contribution < -0.4 is 28.7 Å². The van der Waals surface area contributed by atoms with Crippen molar-refractivity contribution in [1.82, 2.24) is 0 Å². The highest BCUT2D eigenvalue weighted by Crippen LogP contribution is 2.53. The first-order chi connectivity index (χ1) is 34.7. The second-order valence-electron chi connectivity index (χ2n) is 30.3. The third-order valence-electron chi connectivity index (χ3n) is 15.3. The van der Waals surface area contributed by atoms with Crippen LogP contribution in [-0.2, 0) is 56.2 Å².